The van der Waals surface area contributed by atoms with Gasteiger partial charge in [-0.1, -0.05) is 11.6 Å². The van der Waals surface area contributed by atoms with Crippen LogP contribution in [0.3, 0.4) is 0 Å². The number of nitrogens with zero attached hydrogens (tertiary/aromatic N) is 1. The standard InChI is InChI=1S/C8H5Cl2NO2S/c1-5-2-6(9)3-8(7(5)4-11)14(10,12)13/h2-3H,1H3. The molecule has 0 radical (unpaired) electrons. The summed E-state index contributed by atoms with van der Waals surface area (Å²) in [6.45, 7) is 1.59. The van der Waals surface area contributed by atoms with Crippen molar-refractivity contribution in [1.82, 2.24) is 0 Å². The molecule has 0 bridgehead atoms. The molecule has 0 atom stereocenters. The Bertz CT molecular complexity index is 517. The Morgan fingerprint density at radius 1 is 1.43 bits per heavy atom. The lowest BCUT2D eigenvalue weighted by Gasteiger charge is -2.03. The molecule has 1 aromatic carbocycles. The van der Waals surface area contributed by atoms with Crippen molar-refractivity contribution in [3.63, 3.8) is 0 Å². The van der Waals surface area contributed by atoms with Crippen LogP contribution in [0.4, 0.5) is 0 Å². The number of rotatable bonds is 1. The van der Waals surface area contributed by atoms with Gasteiger partial charge in [-0.25, -0.2) is 8.42 Å². The van der Waals surface area contributed by atoms with Crippen molar-refractivity contribution in [3.8, 4) is 6.07 Å². The Balaban J connectivity index is 3.68. The van der Waals surface area contributed by atoms with Gasteiger partial charge in [0.15, 0.2) is 0 Å². The number of aryl methyl sites for hydroxylation is 1. The number of nitriles is 1. The lowest BCUT2D eigenvalue weighted by molar-refractivity contribution is 0.609. The van der Waals surface area contributed by atoms with Crippen LogP contribution in [0, 0.1) is 18.3 Å². The van der Waals surface area contributed by atoms with Crippen LogP contribution in [0.2, 0.25) is 5.02 Å². The average molecular weight is 250 g/mol. The zero-order valence-electron chi connectivity index (χ0n) is 7.08. The zero-order chi connectivity index (χ0) is 10.9. The summed E-state index contributed by atoms with van der Waals surface area (Å²) in [5, 5.41) is 8.97. The minimum atomic E-state index is -3.93. The first-order chi connectivity index (χ1) is 6.36. The summed E-state index contributed by atoms with van der Waals surface area (Å²) in [6, 6.07) is 4.44. The lowest BCUT2D eigenvalue weighted by atomic mass is 10.1. The van der Waals surface area contributed by atoms with E-state index < -0.39 is 9.05 Å². The third kappa shape index (κ3) is 2.18. The smallest absolute Gasteiger partial charge is 0.207 e. The molecule has 3 nitrogen and oxygen atoms in total. The minimum Gasteiger partial charge on any atom is -0.207 e. The third-order valence-electron chi connectivity index (χ3n) is 1.64. The van der Waals surface area contributed by atoms with E-state index >= 15 is 0 Å². The number of benzene rings is 1. The van der Waals surface area contributed by atoms with Crippen LogP contribution in [0.1, 0.15) is 11.1 Å². The number of hydrogen-bond donors (Lipinski definition) is 0. The van der Waals surface area contributed by atoms with E-state index in [4.69, 9.17) is 27.5 Å². The third-order valence-corrected chi connectivity index (χ3v) is 3.20. The van der Waals surface area contributed by atoms with Gasteiger partial charge in [-0.3, -0.25) is 0 Å². The van der Waals surface area contributed by atoms with E-state index in [1.165, 1.54) is 6.07 Å². The molecular weight excluding hydrogens is 245 g/mol. The molecule has 0 heterocycles. The van der Waals surface area contributed by atoms with E-state index in [2.05, 4.69) is 0 Å². The summed E-state index contributed by atoms with van der Waals surface area (Å²) < 4.78 is 22.1. The summed E-state index contributed by atoms with van der Waals surface area (Å²) in [5.74, 6) is 0. The fourth-order valence-corrected chi connectivity index (χ4v) is 2.47. The maximum absolute atomic E-state index is 11.1. The maximum atomic E-state index is 11.1. The van der Waals surface area contributed by atoms with E-state index in [1.807, 2.05) is 0 Å². The highest BCUT2D eigenvalue weighted by molar-refractivity contribution is 8.13. The van der Waals surface area contributed by atoms with Gasteiger partial charge in [-0.15, -0.1) is 0 Å². The molecule has 14 heavy (non-hydrogen) atoms. The first-order valence-electron chi connectivity index (χ1n) is 3.51. The fourth-order valence-electron chi connectivity index (χ4n) is 1.05. The van der Waals surface area contributed by atoms with Gasteiger partial charge in [0, 0.05) is 15.7 Å². The quantitative estimate of drug-likeness (QED) is 0.719. The largest absolute Gasteiger partial charge is 0.262 e. The Kier molecular flexibility index (Phi) is 3.05. The Hall–Kier alpha value is -0.760. The minimum absolute atomic E-state index is 0.0319. The summed E-state index contributed by atoms with van der Waals surface area (Å²) in [4.78, 5) is -0.244. The normalized spacial score (nSPS) is 11.0. The van der Waals surface area contributed by atoms with Crippen molar-refractivity contribution in [2.75, 3.05) is 0 Å². The number of halogens is 2. The molecule has 0 aromatic heterocycles. The highest BCUT2D eigenvalue weighted by Gasteiger charge is 2.18. The van der Waals surface area contributed by atoms with Crippen molar-refractivity contribution in [2.45, 2.75) is 11.8 Å². The molecule has 0 spiro atoms. The summed E-state index contributed by atoms with van der Waals surface area (Å²) >= 11 is 5.65. The van der Waals surface area contributed by atoms with Gasteiger partial charge >= 0.3 is 0 Å². The van der Waals surface area contributed by atoms with E-state index in [-0.39, 0.29) is 15.5 Å². The molecule has 74 valence electrons. The van der Waals surface area contributed by atoms with Gasteiger partial charge in [0.1, 0.15) is 11.0 Å². The van der Waals surface area contributed by atoms with Crippen LogP contribution in [0.15, 0.2) is 17.0 Å². The predicted octanol–water partition coefficient (Wildman–Crippen LogP) is 2.45. The Morgan fingerprint density at radius 2 is 2.00 bits per heavy atom. The van der Waals surface area contributed by atoms with Crippen LogP contribution in [0.25, 0.3) is 0 Å². The molecule has 0 unspecified atom stereocenters. The monoisotopic (exact) mass is 249 g/mol. The van der Waals surface area contributed by atoms with E-state index in [1.54, 1.807) is 13.0 Å². The van der Waals surface area contributed by atoms with Crippen LogP contribution in [-0.4, -0.2) is 8.42 Å². The molecule has 1 aromatic rings. The Morgan fingerprint density at radius 3 is 2.43 bits per heavy atom. The molecule has 0 amide bonds. The second kappa shape index (κ2) is 3.77. The molecule has 0 N–H and O–H groups in total. The molecule has 0 saturated carbocycles. The predicted molar refractivity (Wildman–Crippen MR) is 53.9 cm³/mol. The van der Waals surface area contributed by atoms with Crippen LogP contribution >= 0.6 is 22.3 Å². The molecule has 0 aliphatic carbocycles. The highest BCUT2D eigenvalue weighted by atomic mass is 35.7. The fraction of sp³-hybridized carbons (Fsp3) is 0.125. The molecule has 0 saturated heterocycles. The first kappa shape index (κ1) is 11.3. The molecule has 0 aliphatic heterocycles. The first-order valence-corrected chi connectivity index (χ1v) is 6.20. The maximum Gasteiger partial charge on any atom is 0.262 e. The van der Waals surface area contributed by atoms with Crippen molar-refractivity contribution < 1.29 is 8.42 Å². The van der Waals surface area contributed by atoms with E-state index in [0.29, 0.717) is 5.56 Å². The van der Waals surface area contributed by atoms with Gasteiger partial charge < -0.3 is 0 Å². The Labute approximate surface area is 91.3 Å². The van der Waals surface area contributed by atoms with E-state index in [9.17, 15) is 8.42 Å². The second-order valence-electron chi connectivity index (χ2n) is 2.65. The zero-order valence-corrected chi connectivity index (χ0v) is 9.41. The van der Waals surface area contributed by atoms with Crippen LogP contribution in [0.5, 0.6) is 0 Å². The summed E-state index contributed by atoms with van der Waals surface area (Å²) in [7, 11) is 1.22. The molecule has 0 fully saturated rings. The van der Waals surface area contributed by atoms with Crippen molar-refractivity contribution >= 4 is 31.3 Å². The van der Waals surface area contributed by atoms with Crippen molar-refractivity contribution in [2.24, 2.45) is 0 Å². The second-order valence-corrected chi connectivity index (χ2v) is 5.62. The SMILES string of the molecule is Cc1cc(Cl)cc(S(=O)(=O)Cl)c1C#N. The van der Waals surface area contributed by atoms with Crippen molar-refractivity contribution in [3.05, 3.63) is 28.3 Å². The van der Waals surface area contributed by atoms with Crippen LogP contribution < -0.4 is 0 Å². The molecule has 0 aliphatic rings. The van der Waals surface area contributed by atoms with Gasteiger partial charge in [-0.2, -0.15) is 5.26 Å². The molecular formula is C8H5Cl2NO2S. The highest BCUT2D eigenvalue weighted by Crippen LogP contribution is 2.26. The van der Waals surface area contributed by atoms with Gasteiger partial charge in [0.2, 0.25) is 0 Å². The topological polar surface area (TPSA) is 57.9 Å². The lowest BCUT2D eigenvalue weighted by Crippen LogP contribution is -1.97. The molecule has 6 heteroatoms. The molecule has 1 rings (SSSR count). The van der Waals surface area contributed by atoms with Crippen molar-refractivity contribution in [1.29, 1.82) is 5.26 Å². The average Bonchev–Trinajstić information content (AvgIpc) is 2.01. The van der Waals surface area contributed by atoms with E-state index in [0.717, 1.165) is 6.07 Å². The van der Waals surface area contributed by atoms with Gasteiger partial charge in [0.05, 0.1) is 5.56 Å². The summed E-state index contributed by atoms with van der Waals surface area (Å²) in [6.07, 6.45) is 0. The van der Waals surface area contributed by atoms with Crippen LogP contribution in [-0.2, 0) is 9.05 Å². The van der Waals surface area contributed by atoms with Gasteiger partial charge in [0.25, 0.3) is 9.05 Å². The van der Waals surface area contributed by atoms with Gasteiger partial charge in [-0.05, 0) is 24.6 Å². The summed E-state index contributed by atoms with van der Waals surface area (Å²) in [5.41, 5.74) is 0.517. The number of hydrogen-bond acceptors (Lipinski definition) is 3.